The Hall–Kier alpha value is -3.40. The van der Waals surface area contributed by atoms with Gasteiger partial charge in [0.2, 0.25) is 0 Å². The van der Waals surface area contributed by atoms with E-state index in [0.29, 0.717) is 0 Å². The minimum Gasteiger partial charge on any atom is -0.289 e. The third-order valence-electron chi connectivity index (χ3n) is 6.37. The zero-order chi connectivity index (χ0) is 24.4. The van der Waals surface area contributed by atoms with Crippen molar-refractivity contribution in [1.82, 2.24) is 0 Å². The molecule has 0 aliphatic heterocycles. The summed E-state index contributed by atoms with van der Waals surface area (Å²) >= 11 is 1.61. The molecule has 0 unspecified atom stereocenters. The summed E-state index contributed by atoms with van der Waals surface area (Å²) in [7, 11) is 0. The fourth-order valence-electron chi connectivity index (χ4n) is 4.31. The Morgan fingerprint density at radius 3 is 1.72 bits per heavy atom. The van der Waals surface area contributed by atoms with Crippen molar-refractivity contribution in [3.63, 3.8) is 0 Å². The lowest BCUT2D eigenvalue weighted by Crippen LogP contribution is -2.11. The van der Waals surface area contributed by atoms with Crippen LogP contribution in [-0.2, 0) is 5.41 Å². The van der Waals surface area contributed by atoms with E-state index < -0.39 is 0 Å². The predicted molar refractivity (Wildman–Crippen MR) is 160 cm³/mol. The highest BCUT2D eigenvalue weighted by Crippen LogP contribution is 2.34. The van der Waals surface area contributed by atoms with Crippen LogP contribution in [0, 0.1) is 0 Å². The summed E-state index contributed by atoms with van der Waals surface area (Å²) < 4.78 is 0. The molecule has 0 bridgehead atoms. The average Bonchev–Trinajstić information content (AvgIpc) is 3.39. The molecule has 0 N–H and O–H groups in total. The maximum Gasteiger partial charge on any atom is 0.193 e. The first-order valence-electron chi connectivity index (χ1n) is 11.9. The van der Waals surface area contributed by atoms with Crippen LogP contribution < -0.4 is 0 Å². The summed E-state index contributed by atoms with van der Waals surface area (Å²) in [6, 6.07) is 37.7. The van der Waals surface area contributed by atoms with Crippen LogP contribution in [0.4, 0.5) is 0 Å². The quantitative estimate of drug-likeness (QED) is 0.217. The lowest BCUT2D eigenvalue weighted by atomic mass is 9.86. The van der Waals surface area contributed by atoms with Crippen molar-refractivity contribution in [2.24, 2.45) is 0 Å². The van der Waals surface area contributed by atoms with Crippen LogP contribution in [0.15, 0.2) is 115 Å². The smallest absolute Gasteiger partial charge is 0.193 e. The third-order valence-corrected chi connectivity index (χ3v) is 7.35. The summed E-state index contributed by atoms with van der Waals surface area (Å²) in [5.74, 6) is 0.0707. The molecule has 0 amide bonds. The Morgan fingerprint density at radius 2 is 1.14 bits per heavy atom. The number of carbonyl (C=O) groups is 1. The van der Waals surface area contributed by atoms with Crippen molar-refractivity contribution in [1.29, 1.82) is 0 Å². The average molecular weight is 507 g/mol. The number of hydrogen-bond acceptors (Lipinski definition) is 2. The maximum absolute atomic E-state index is 13.1. The molecule has 1 heterocycles. The molecule has 0 spiro atoms. The van der Waals surface area contributed by atoms with Gasteiger partial charge in [0.1, 0.15) is 0 Å². The van der Waals surface area contributed by atoms with E-state index >= 15 is 0 Å². The Morgan fingerprint density at radius 1 is 0.611 bits per heavy atom. The van der Waals surface area contributed by atoms with E-state index in [1.807, 2.05) is 29.6 Å². The van der Waals surface area contributed by atoms with E-state index in [4.69, 9.17) is 0 Å². The van der Waals surface area contributed by atoms with Crippen molar-refractivity contribution < 1.29 is 4.79 Å². The van der Waals surface area contributed by atoms with E-state index in [9.17, 15) is 4.79 Å². The standard InChI is InChI=1S/C33H28OS.H2S/c1-33(2,3)28-19-17-26(18-20-28)32(34)27-21-31(35-22-27)25-15-13-24(14-16-25)30-12-8-7-11-29(30)23-9-5-4-6-10-23;/h4-22H,1-3H3;1H2. The van der Waals surface area contributed by atoms with E-state index in [-0.39, 0.29) is 24.7 Å². The van der Waals surface area contributed by atoms with Gasteiger partial charge in [-0.05, 0) is 44.9 Å². The van der Waals surface area contributed by atoms with Gasteiger partial charge in [-0.3, -0.25) is 4.79 Å². The molecular formula is C33H30OS2. The molecule has 36 heavy (non-hydrogen) atoms. The molecule has 0 fully saturated rings. The summed E-state index contributed by atoms with van der Waals surface area (Å²) in [6.45, 7) is 6.54. The van der Waals surface area contributed by atoms with Gasteiger partial charge in [0.05, 0.1) is 0 Å². The van der Waals surface area contributed by atoms with Crippen molar-refractivity contribution in [2.75, 3.05) is 0 Å². The Bertz CT molecular complexity index is 1460. The van der Waals surface area contributed by atoms with E-state index in [2.05, 4.69) is 106 Å². The van der Waals surface area contributed by atoms with Crippen molar-refractivity contribution >= 4 is 30.6 Å². The van der Waals surface area contributed by atoms with Crippen LogP contribution >= 0.6 is 24.8 Å². The third kappa shape index (κ3) is 5.38. The van der Waals surface area contributed by atoms with Crippen LogP contribution in [0.2, 0.25) is 0 Å². The Kier molecular flexibility index (Phi) is 7.63. The van der Waals surface area contributed by atoms with Gasteiger partial charge in [-0.1, -0.05) is 124 Å². The number of carbonyl (C=O) groups excluding carboxylic acids is 1. The first-order chi connectivity index (χ1) is 16.9. The topological polar surface area (TPSA) is 17.1 Å². The summed E-state index contributed by atoms with van der Waals surface area (Å²) in [5.41, 5.74) is 8.73. The number of thiophene rings is 1. The van der Waals surface area contributed by atoms with Gasteiger partial charge in [-0.25, -0.2) is 0 Å². The monoisotopic (exact) mass is 506 g/mol. The molecule has 3 heteroatoms. The van der Waals surface area contributed by atoms with Gasteiger partial charge < -0.3 is 0 Å². The zero-order valence-electron chi connectivity index (χ0n) is 20.8. The normalized spacial score (nSPS) is 11.1. The molecule has 1 aromatic heterocycles. The molecule has 0 atom stereocenters. The number of rotatable bonds is 5. The van der Waals surface area contributed by atoms with Gasteiger partial charge in [0.25, 0.3) is 0 Å². The highest BCUT2D eigenvalue weighted by atomic mass is 32.1. The predicted octanol–water partition coefficient (Wildman–Crippen LogP) is 9.39. The molecule has 4 aromatic carbocycles. The van der Waals surface area contributed by atoms with Crippen molar-refractivity contribution in [2.45, 2.75) is 26.2 Å². The van der Waals surface area contributed by atoms with Gasteiger partial charge in [0, 0.05) is 21.4 Å². The van der Waals surface area contributed by atoms with Crippen LogP contribution in [-0.4, -0.2) is 5.78 Å². The number of hydrogen-bond donors (Lipinski definition) is 0. The lowest BCUT2D eigenvalue weighted by molar-refractivity contribution is 0.103. The molecular weight excluding hydrogens is 476 g/mol. The van der Waals surface area contributed by atoms with Crippen molar-refractivity contribution in [3.8, 4) is 32.7 Å². The largest absolute Gasteiger partial charge is 0.289 e. The molecule has 1 nitrogen and oxygen atoms in total. The van der Waals surface area contributed by atoms with E-state index in [1.54, 1.807) is 11.3 Å². The molecule has 0 aliphatic carbocycles. The second-order valence-electron chi connectivity index (χ2n) is 9.85. The van der Waals surface area contributed by atoms with Crippen LogP contribution in [0.3, 0.4) is 0 Å². The zero-order valence-corrected chi connectivity index (χ0v) is 22.6. The summed E-state index contributed by atoms with van der Waals surface area (Å²) in [5, 5.41) is 1.97. The first-order valence-corrected chi connectivity index (χ1v) is 12.8. The van der Waals surface area contributed by atoms with Crippen LogP contribution in [0.1, 0.15) is 42.3 Å². The first kappa shape index (κ1) is 25.7. The second-order valence-corrected chi connectivity index (χ2v) is 10.8. The van der Waals surface area contributed by atoms with Gasteiger partial charge in [-0.2, -0.15) is 13.5 Å². The Balaban J connectivity index is 0.00000304. The number of benzene rings is 4. The van der Waals surface area contributed by atoms with Crippen LogP contribution in [0.25, 0.3) is 32.7 Å². The molecule has 0 aliphatic rings. The fourth-order valence-corrected chi connectivity index (χ4v) is 5.21. The SMILES string of the molecule is CC(C)(C)c1ccc(C(=O)c2csc(-c3ccc(-c4ccccc4-c4ccccc4)cc3)c2)cc1.S. The minimum absolute atomic E-state index is 0. The van der Waals surface area contributed by atoms with Crippen LogP contribution in [0.5, 0.6) is 0 Å². The van der Waals surface area contributed by atoms with Gasteiger partial charge in [0.15, 0.2) is 5.78 Å². The molecule has 180 valence electrons. The molecule has 5 rings (SSSR count). The molecule has 0 saturated carbocycles. The van der Waals surface area contributed by atoms with Gasteiger partial charge in [-0.15, -0.1) is 11.3 Å². The second kappa shape index (κ2) is 10.7. The minimum atomic E-state index is 0. The van der Waals surface area contributed by atoms with E-state index in [1.165, 1.54) is 27.8 Å². The highest BCUT2D eigenvalue weighted by Gasteiger charge is 2.16. The summed E-state index contributed by atoms with van der Waals surface area (Å²) in [4.78, 5) is 14.2. The van der Waals surface area contributed by atoms with E-state index in [0.717, 1.165) is 21.6 Å². The number of ketones is 1. The maximum atomic E-state index is 13.1. The van der Waals surface area contributed by atoms with Crippen molar-refractivity contribution in [3.05, 3.63) is 131 Å². The molecule has 5 aromatic rings. The fraction of sp³-hybridized carbons (Fsp3) is 0.121. The highest BCUT2D eigenvalue weighted by molar-refractivity contribution is 7.59. The Labute approximate surface area is 224 Å². The molecule has 0 radical (unpaired) electrons. The lowest BCUT2D eigenvalue weighted by Gasteiger charge is -2.18. The van der Waals surface area contributed by atoms with Gasteiger partial charge >= 0.3 is 0 Å². The molecule has 0 saturated heterocycles. The summed E-state index contributed by atoms with van der Waals surface area (Å²) in [6.07, 6.45) is 0.